The molecule has 4 N–H and O–H groups in total. The molecular formula is C47H49FN14O6. The lowest BCUT2D eigenvalue weighted by Gasteiger charge is -2.31. The normalized spacial score (nSPS) is 14.8. The Morgan fingerprint density at radius 3 is 2.53 bits per heavy atom. The number of terminal acetylenes is 1. The van der Waals surface area contributed by atoms with Crippen molar-refractivity contribution in [2.75, 3.05) is 46.6 Å². The van der Waals surface area contributed by atoms with E-state index in [0.29, 0.717) is 67.9 Å². The van der Waals surface area contributed by atoms with Crippen LogP contribution in [0.4, 0.5) is 33.5 Å². The van der Waals surface area contributed by atoms with E-state index in [9.17, 15) is 23.6 Å². The number of hydrogen-bond acceptors (Lipinski definition) is 16. The van der Waals surface area contributed by atoms with Crippen molar-refractivity contribution < 1.29 is 23.2 Å². The molecule has 0 radical (unpaired) electrons. The van der Waals surface area contributed by atoms with Crippen LogP contribution in [0.1, 0.15) is 79.7 Å². The van der Waals surface area contributed by atoms with Crippen LogP contribution in [0.25, 0.3) is 11.2 Å². The average molecular weight is 925 g/mol. The third-order valence-corrected chi connectivity index (χ3v) is 11.4. The Kier molecular flexibility index (Phi) is 14.9. The number of nitrogens with zero attached hydrogens (tertiary/aromatic N) is 11. The van der Waals surface area contributed by atoms with Crippen molar-refractivity contribution in [3.05, 3.63) is 98.0 Å². The molecular weight excluding hydrogens is 876 g/mol. The predicted molar refractivity (Wildman–Crippen MR) is 251 cm³/mol. The van der Waals surface area contributed by atoms with E-state index in [2.05, 4.69) is 53.5 Å². The number of ether oxygens (including phenoxy) is 1. The van der Waals surface area contributed by atoms with Gasteiger partial charge in [-0.1, -0.05) is 43.0 Å². The fourth-order valence-electron chi connectivity index (χ4n) is 7.79. The summed E-state index contributed by atoms with van der Waals surface area (Å²) in [5.41, 5.74) is 6.43. The van der Waals surface area contributed by atoms with Gasteiger partial charge in [0, 0.05) is 63.6 Å². The molecule has 1 amide bonds. The standard InChI is InChI=1S/C24H27N7O4.C23H22FN7O2/c1-3-4-12-30-20-21(27-23(30)29-11-7-8-16(25)13-29)28(2)24(35)31(22(20)34)14-19(33)17-9-5-6-10-18(17)26-15-32;1-4-17-21(28-19-6-5-15(12-25)11-18(19)24)26-13-27-22(17)32-16-7-9-31(10-8-16)23-29-20(14(2)3)30-33-23/h5-6,9-10,15-16H,7-8,11-14,25H2,1-2H3,(H,26,32);1,5-6,11,13-14,16H,7-10H2,2-3H3,(H,26,27,28). The quantitative estimate of drug-likeness (QED) is 0.0839. The summed E-state index contributed by atoms with van der Waals surface area (Å²) in [6.45, 7) is 8.09. The number of carbonyl (C=O) groups is 2. The second-order valence-corrected chi connectivity index (χ2v) is 16.3. The minimum atomic E-state index is -0.662. The van der Waals surface area contributed by atoms with E-state index < -0.39 is 29.4 Å². The molecule has 21 heteroatoms. The first-order valence-electron chi connectivity index (χ1n) is 21.8. The number of rotatable bonds is 13. The molecule has 1 unspecified atom stereocenters. The van der Waals surface area contributed by atoms with Crippen molar-refractivity contribution >= 4 is 52.5 Å². The monoisotopic (exact) mass is 924 g/mol. The number of amides is 1. The zero-order valence-electron chi connectivity index (χ0n) is 37.9. The van der Waals surface area contributed by atoms with Crippen LogP contribution < -0.4 is 42.2 Å². The third-order valence-electron chi connectivity index (χ3n) is 11.4. The number of halogens is 1. The zero-order chi connectivity index (χ0) is 48.5. The number of benzene rings is 2. The lowest BCUT2D eigenvalue weighted by Crippen LogP contribution is -2.44. The van der Waals surface area contributed by atoms with Crippen molar-refractivity contribution in [2.45, 2.75) is 77.6 Å². The number of nitrogens with one attached hydrogen (secondary N) is 2. The van der Waals surface area contributed by atoms with E-state index in [4.69, 9.17) is 26.7 Å². The lowest BCUT2D eigenvalue weighted by atomic mass is 10.1. The van der Waals surface area contributed by atoms with Gasteiger partial charge in [0.25, 0.3) is 5.56 Å². The molecule has 68 heavy (non-hydrogen) atoms. The molecule has 8 rings (SSSR count). The molecule has 0 aliphatic carbocycles. The molecule has 0 saturated carbocycles. The molecule has 20 nitrogen and oxygen atoms in total. The third kappa shape index (κ3) is 10.4. The van der Waals surface area contributed by atoms with E-state index in [1.54, 1.807) is 29.7 Å². The smallest absolute Gasteiger partial charge is 0.332 e. The molecule has 350 valence electrons. The van der Waals surface area contributed by atoms with Gasteiger partial charge >= 0.3 is 11.7 Å². The van der Waals surface area contributed by atoms with E-state index in [1.807, 2.05) is 29.7 Å². The Morgan fingerprint density at radius 2 is 1.85 bits per heavy atom. The Labute approximate surface area is 389 Å². The van der Waals surface area contributed by atoms with Crippen molar-refractivity contribution in [3.8, 4) is 36.1 Å². The Balaban J connectivity index is 0.000000202. The number of Topliss-reactive ketones (excluding diaryl/α,β-unsaturated/α-hetero) is 1. The van der Waals surface area contributed by atoms with Crippen LogP contribution in [-0.4, -0.2) is 89.3 Å². The SMILES string of the molecule is C#Cc1c(Nc2ccc(C#N)cc2F)ncnc1OC1CCN(c2nc(C(C)C)no2)CC1.CC#CCn1c(N2CCCC(N)C2)nc2c1c(=O)n(CC(=O)c1ccccc1NC=O)c(=O)n2C. The number of ketones is 1. The van der Waals surface area contributed by atoms with Crippen LogP contribution in [0.15, 0.2) is 62.9 Å². The van der Waals surface area contributed by atoms with Gasteiger partial charge in [-0.05, 0) is 50.1 Å². The second-order valence-electron chi connectivity index (χ2n) is 16.3. The maximum atomic E-state index is 14.3. The summed E-state index contributed by atoms with van der Waals surface area (Å²) in [5.74, 6) is 9.16. The number of aryl methyl sites for hydroxylation is 1. The summed E-state index contributed by atoms with van der Waals surface area (Å²) < 4.78 is 29.6. The fraction of sp³-hybridized carbons (Fsp3) is 0.362. The highest BCUT2D eigenvalue weighted by Crippen LogP contribution is 2.29. The number of piperidine rings is 2. The van der Waals surface area contributed by atoms with Gasteiger partial charge in [0.1, 0.15) is 23.8 Å². The predicted octanol–water partition coefficient (Wildman–Crippen LogP) is 4.07. The maximum Gasteiger partial charge on any atom is 0.332 e. The maximum absolute atomic E-state index is 14.3. The van der Waals surface area contributed by atoms with Gasteiger partial charge in [-0.2, -0.15) is 15.2 Å². The van der Waals surface area contributed by atoms with E-state index in [-0.39, 0.29) is 64.3 Å². The van der Waals surface area contributed by atoms with Gasteiger partial charge in [0.05, 0.1) is 36.1 Å². The summed E-state index contributed by atoms with van der Waals surface area (Å²) in [4.78, 5) is 72.2. The van der Waals surface area contributed by atoms with Crippen LogP contribution in [0.3, 0.4) is 0 Å². The number of aromatic nitrogens is 8. The number of carbonyl (C=O) groups excluding carboxylic acids is 2. The van der Waals surface area contributed by atoms with Gasteiger partial charge in [-0.3, -0.25) is 28.1 Å². The summed E-state index contributed by atoms with van der Waals surface area (Å²) in [6.07, 6.45) is 10.6. The fourth-order valence-corrected chi connectivity index (χ4v) is 7.79. The van der Waals surface area contributed by atoms with Crippen molar-refractivity contribution in [1.82, 2.24) is 38.8 Å². The minimum absolute atomic E-state index is 0.0209. The molecule has 4 aromatic heterocycles. The van der Waals surface area contributed by atoms with Crippen molar-refractivity contribution in [1.29, 1.82) is 5.26 Å². The summed E-state index contributed by atoms with van der Waals surface area (Å²) in [6, 6.07) is 12.9. The molecule has 2 fully saturated rings. The average Bonchev–Trinajstić information content (AvgIpc) is 4.00. The molecule has 6 aromatic rings. The summed E-state index contributed by atoms with van der Waals surface area (Å²) in [5, 5.41) is 18.3. The minimum Gasteiger partial charge on any atom is -0.473 e. The molecule has 2 aliphatic heterocycles. The number of nitrogens with two attached hydrogens (primary N) is 1. The van der Waals surface area contributed by atoms with E-state index in [0.717, 1.165) is 30.0 Å². The molecule has 6 heterocycles. The van der Waals surface area contributed by atoms with Gasteiger partial charge < -0.3 is 35.4 Å². The molecule has 1 atom stereocenters. The van der Waals surface area contributed by atoms with Crippen LogP contribution in [0.5, 0.6) is 5.88 Å². The topological polar surface area (TPSA) is 250 Å². The Bertz CT molecular complexity index is 3110. The number of anilines is 5. The summed E-state index contributed by atoms with van der Waals surface area (Å²) >= 11 is 0. The zero-order valence-corrected chi connectivity index (χ0v) is 37.9. The van der Waals surface area contributed by atoms with Crippen LogP contribution in [0, 0.1) is 41.3 Å². The number of hydrogen-bond donors (Lipinski definition) is 3. The van der Waals surface area contributed by atoms with E-state index in [1.165, 1.54) is 36.1 Å². The van der Waals surface area contributed by atoms with Crippen LogP contribution in [-0.2, 0) is 24.9 Å². The first-order chi connectivity index (χ1) is 32.8. The molecule has 2 saturated heterocycles. The number of nitriles is 1. The Morgan fingerprint density at radius 1 is 1.07 bits per heavy atom. The van der Waals surface area contributed by atoms with Crippen molar-refractivity contribution in [3.63, 3.8) is 0 Å². The Hall–Kier alpha value is -8.35. The van der Waals surface area contributed by atoms with Gasteiger partial charge in [-0.25, -0.2) is 19.2 Å². The van der Waals surface area contributed by atoms with Crippen molar-refractivity contribution in [2.24, 2.45) is 12.8 Å². The van der Waals surface area contributed by atoms with Gasteiger partial charge in [-0.15, -0.1) is 12.3 Å². The van der Waals surface area contributed by atoms with Gasteiger partial charge in [0.15, 0.2) is 28.6 Å². The summed E-state index contributed by atoms with van der Waals surface area (Å²) in [7, 11) is 1.52. The van der Waals surface area contributed by atoms with Crippen LogP contribution >= 0.6 is 0 Å². The number of fused-ring (bicyclic) bond motifs is 1. The second kappa shape index (κ2) is 21.3. The molecule has 2 aromatic carbocycles. The number of para-hydroxylation sites is 1. The highest BCUT2D eigenvalue weighted by Gasteiger charge is 2.28. The van der Waals surface area contributed by atoms with E-state index >= 15 is 0 Å². The first kappa shape index (κ1) is 47.6. The molecule has 0 bridgehead atoms. The molecule has 2 aliphatic rings. The van der Waals surface area contributed by atoms with Gasteiger partial charge in [0.2, 0.25) is 18.2 Å². The highest BCUT2D eigenvalue weighted by atomic mass is 19.1. The highest BCUT2D eigenvalue weighted by molar-refractivity contribution is 6.02. The largest absolute Gasteiger partial charge is 0.473 e. The first-order valence-corrected chi connectivity index (χ1v) is 21.8. The molecule has 0 spiro atoms. The number of imidazole rings is 1. The lowest BCUT2D eigenvalue weighted by molar-refractivity contribution is -0.105. The van der Waals surface area contributed by atoms with Crippen LogP contribution in [0.2, 0.25) is 0 Å².